The van der Waals surface area contributed by atoms with Gasteiger partial charge in [0.1, 0.15) is 0 Å². The molecule has 0 bridgehead atoms. The number of ketones is 1. The van der Waals surface area contributed by atoms with E-state index in [1.54, 1.807) is 12.1 Å². The summed E-state index contributed by atoms with van der Waals surface area (Å²) in [4.78, 5) is 34.8. The molecular formula is C17H24N2O3. The molecule has 5 nitrogen and oxygen atoms in total. The summed E-state index contributed by atoms with van der Waals surface area (Å²) in [6.45, 7) is 4.40. The summed E-state index contributed by atoms with van der Waals surface area (Å²) < 4.78 is 0. The number of rotatable bonds is 9. The van der Waals surface area contributed by atoms with E-state index in [1.165, 1.54) is 5.56 Å². The number of benzene rings is 1. The minimum Gasteiger partial charge on any atom is -0.355 e. The summed E-state index contributed by atoms with van der Waals surface area (Å²) >= 11 is 0. The molecule has 0 fully saturated rings. The van der Waals surface area contributed by atoms with Gasteiger partial charge in [0.2, 0.25) is 11.8 Å². The van der Waals surface area contributed by atoms with E-state index in [0.29, 0.717) is 12.1 Å². The van der Waals surface area contributed by atoms with Gasteiger partial charge in [-0.1, -0.05) is 37.6 Å². The van der Waals surface area contributed by atoms with Crippen molar-refractivity contribution in [2.24, 2.45) is 0 Å². The third kappa shape index (κ3) is 6.52. The van der Waals surface area contributed by atoms with E-state index in [-0.39, 0.29) is 37.0 Å². The molecule has 1 aromatic carbocycles. The molecule has 0 spiro atoms. The van der Waals surface area contributed by atoms with Gasteiger partial charge in [0.25, 0.3) is 0 Å². The van der Waals surface area contributed by atoms with Crippen molar-refractivity contribution >= 4 is 17.6 Å². The van der Waals surface area contributed by atoms with Crippen molar-refractivity contribution in [2.45, 2.75) is 39.5 Å². The first-order valence-corrected chi connectivity index (χ1v) is 7.72. The second-order valence-electron chi connectivity index (χ2n) is 5.10. The molecule has 0 atom stereocenters. The van der Waals surface area contributed by atoms with E-state index in [4.69, 9.17) is 0 Å². The van der Waals surface area contributed by atoms with Crippen molar-refractivity contribution in [1.82, 2.24) is 10.6 Å². The monoisotopic (exact) mass is 304 g/mol. The third-order valence-electron chi connectivity index (χ3n) is 3.21. The molecule has 120 valence electrons. The Labute approximate surface area is 131 Å². The van der Waals surface area contributed by atoms with Gasteiger partial charge in [0.15, 0.2) is 5.78 Å². The predicted octanol–water partition coefficient (Wildman–Crippen LogP) is 1.85. The van der Waals surface area contributed by atoms with Crippen molar-refractivity contribution in [3.8, 4) is 0 Å². The Balaban J connectivity index is 2.35. The minimum absolute atomic E-state index is 0.0490. The zero-order valence-corrected chi connectivity index (χ0v) is 13.3. The summed E-state index contributed by atoms with van der Waals surface area (Å²) in [5, 5.41) is 5.08. The molecule has 0 saturated heterocycles. The average molecular weight is 304 g/mol. The first-order chi connectivity index (χ1) is 10.6. The highest BCUT2D eigenvalue weighted by Crippen LogP contribution is 2.09. The number of Topliss-reactive ketones (excluding diaryl/α,β-unsaturated/α-hetero) is 1. The Bertz CT molecular complexity index is 509. The third-order valence-corrected chi connectivity index (χ3v) is 3.21. The van der Waals surface area contributed by atoms with Crippen LogP contribution >= 0.6 is 0 Å². The number of hydrogen-bond acceptors (Lipinski definition) is 3. The molecule has 22 heavy (non-hydrogen) atoms. The first kappa shape index (κ1) is 17.9. The number of likely N-dealkylation sites (N-methyl/N-ethyl adjacent to an activating group) is 1. The second kappa shape index (κ2) is 9.71. The molecular weight excluding hydrogens is 280 g/mol. The lowest BCUT2D eigenvalue weighted by molar-refractivity contribution is -0.126. The Kier molecular flexibility index (Phi) is 7.89. The molecule has 0 aliphatic rings. The van der Waals surface area contributed by atoms with Crippen LogP contribution in [0.25, 0.3) is 0 Å². The maximum atomic E-state index is 12.0. The first-order valence-electron chi connectivity index (χ1n) is 7.72. The van der Waals surface area contributed by atoms with Gasteiger partial charge >= 0.3 is 0 Å². The van der Waals surface area contributed by atoms with Crippen molar-refractivity contribution in [1.29, 1.82) is 0 Å². The van der Waals surface area contributed by atoms with Crippen LogP contribution < -0.4 is 10.6 Å². The number of carbonyl (C=O) groups is 3. The maximum Gasteiger partial charge on any atom is 0.239 e. The van der Waals surface area contributed by atoms with Gasteiger partial charge in [-0.15, -0.1) is 0 Å². The lowest BCUT2D eigenvalue weighted by Crippen LogP contribution is -2.36. The fraction of sp³-hybridized carbons (Fsp3) is 0.471. The standard InChI is InChI=1S/C17H24N2O3/c1-3-5-13-6-8-14(9-7-13)15(20)10-11-16(21)19-12-17(22)18-4-2/h6-9H,3-5,10-12H2,1-2H3,(H,18,22)(H,19,21). The highest BCUT2D eigenvalue weighted by Gasteiger charge is 2.10. The van der Waals surface area contributed by atoms with E-state index in [2.05, 4.69) is 17.6 Å². The molecule has 1 rings (SSSR count). The summed E-state index contributed by atoms with van der Waals surface area (Å²) in [5.74, 6) is -0.577. The van der Waals surface area contributed by atoms with Crippen LogP contribution in [0.1, 0.15) is 49.0 Å². The Morgan fingerprint density at radius 1 is 0.909 bits per heavy atom. The average Bonchev–Trinajstić information content (AvgIpc) is 2.52. The topological polar surface area (TPSA) is 75.3 Å². The predicted molar refractivity (Wildman–Crippen MR) is 85.7 cm³/mol. The van der Waals surface area contributed by atoms with Crippen LogP contribution in [0.4, 0.5) is 0 Å². The number of nitrogens with one attached hydrogen (secondary N) is 2. The summed E-state index contributed by atoms with van der Waals surface area (Å²) in [7, 11) is 0. The van der Waals surface area contributed by atoms with E-state index in [1.807, 2.05) is 19.1 Å². The second-order valence-corrected chi connectivity index (χ2v) is 5.10. The van der Waals surface area contributed by atoms with Gasteiger partial charge in [-0.05, 0) is 18.9 Å². The number of aryl methyl sites for hydroxylation is 1. The highest BCUT2D eigenvalue weighted by atomic mass is 16.2. The SMILES string of the molecule is CCCc1ccc(C(=O)CCC(=O)NCC(=O)NCC)cc1. The van der Waals surface area contributed by atoms with Crippen LogP contribution in [0.5, 0.6) is 0 Å². The van der Waals surface area contributed by atoms with Crippen LogP contribution in [-0.4, -0.2) is 30.7 Å². The quantitative estimate of drug-likeness (QED) is 0.684. The van der Waals surface area contributed by atoms with E-state index >= 15 is 0 Å². The normalized spacial score (nSPS) is 10.1. The molecule has 0 aromatic heterocycles. The minimum atomic E-state index is -0.290. The van der Waals surface area contributed by atoms with E-state index in [9.17, 15) is 14.4 Å². The fourth-order valence-corrected chi connectivity index (χ4v) is 2.04. The number of amides is 2. The number of carbonyl (C=O) groups excluding carboxylic acids is 3. The summed E-state index contributed by atoms with van der Waals surface area (Å²) in [6, 6.07) is 7.51. The van der Waals surface area contributed by atoms with Gasteiger partial charge in [0.05, 0.1) is 6.54 Å². The molecule has 1 aromatic rings. The molecule has 0 aliphatic carbocycles. The van der Waals surface area contributed by atoms with Gasteiger partial charge in [-0.2, -0.15) is 0 Å². The van der Waals surface area contributed by atoms with Crippen LogP contribution in [0.3, 0.4) is 0 Å². The van der Waals surface area contributed by atoms with Crippen molar-refractivity contribution in [3.63, 3.8) is 0 Å². The van der Waals surface area contributed by atoms with Crippen LogP contribution in [0, 0.1) is 0 Å². The largest absolute Gasteiger partial charge is 0.355 e. The van der Waals surface area contributed by atoms with Crippen molar-refractivity contribution in [3.05, 3.63) is 35.4 Å². The lowest BCUT2D eigenvalue weighted by Gasteiger charge is -2.05. The maximum absolute atomic E-state index is 12.0. The fourth-order valence-electron chi connectivity index (χ4n) is 2.04. The lowest BCUT2D eigenvalue weighted by atomic mass is 10.0. The van der Waals surface area contributed by atoms with Gasteiger partial charge < -0.3 is 10.6 Å². The summed E-state index contributed by atoms with van der Waals surface area (Å²) in [5.41, 5.74) is 1.83. The number of hydrogen-bond donors (Lipinski definition) is 2. The van der Waals surface area contributed by atoms with Crippen LogP contribution in [-0.2, 0) is 16.0 Å². The van der Waals surface area contributed by atoms with Crippen molar-refractivity contribution < 1.29 is 14.4 Å². The van der Waals surface area contributed by atoms with Crippen molar-refractivity contribution in [2.75, 3.05) is 13.1 Å². The molecule has 5 heteroatoms. The molecule has 0 heterocycles. The Morgan fingerprint density at radius 2 is 1.59 bits per heavy atom. The highest BCUT2D eigenvalue weighted by molar-refractivity contribution is 5.98. The van der Waals surface area contributed by atoms with E-state index in [0.717, 1.165) is 12.8 Å². The molecule has 2 amide bonds. The van der Waals surface area contributed by atoms with Gasteiger partial charge in [0, 0.05) is 24.9 Å². The zero-order valence-electron chi connectivity index (χ0n) is 13.3. The molecule has 0 aliphatic heterocycles. The molecule has 0 unspecified atom stereocenters. The van der Waals surface area contributed by atoms with Crippen LogP contribution in [0.2, 0.25) is 0 Å². The smallest absolute Gasteiger partial charge is 0.239 e. The van der Waals surface area contributed by atoms with Gasteiger partial charge in [-0.25, -0.2) is 0 Å². The van der Waals surface area contributed by atoms with Gasteiger partial charge in [-0.3, -0.25) is 14.4 Å². The Hall–Kier alpha value is -2.17. The van der Waals surface area contributed by atoms with E-state index < -0.39 is 0 Å². The zero-order chi connectivity index (χ0) is 16.4. The molecule has 0 radical (unpaired) electrons. The Morgan fingerprint density at radius 3 is 2.18 bits per heavy atom. The summed E-state index contributed by atoms with van der Waals surface area (Å²) in [6.07, 6.45) is 2.30. The molecule has 0 saturated carbocycles. The van der Waals surface area contributed by atoms with Crippen LogP contribution in [0.15, 0.2) is 24.3 Å². The molecule has 2 N–H and O–H groups in total.